The fourth-order valence-electron chi connectivity index (χ4n) is 4.43. The molecule has 3 aromatic carbocycles. The molecule has 11 heteroatoms. The number of rotatable bonds is 15. The Balaban J connectivity index is 2.06. The highest BCUT2D eigenvalue weighted by molar-refractivity contribution is 7.92. The van der Waals surface area contributed by atoms with Crippen molar-refractivity contribution in [2.75, 3.05) is 24.6 Å². The van der Waals surface area contributed by atoms with Gasteiger partial charge in [0.05, 0.1) is 24.3 Å². The third-order valence-electron chi connectivity index (χ3n) is 7.02. The molecular formula is C32H40ClN3O6S. The third-order valence-corrected chi connectivity index (χ3v) is 9.06. The number of halogens is 1. The number of anilines is 1. The number of ether oxygens (including phenoxy) is 2. The number of nitrogens with zero attached hydrogens (tertiary/aromatic N) is 2. The maximum atomic E-state index is 14.2. The summed E-state index contributed by atoms with van der Waals surface area (Å²) in [6.45, 7) is 7.53. The van der Waals surface area contributed by atoms with Crippen molar-refractivity contribution >= 4 is 39.1 Å². The second-order valence-electron chi connectivity index (χ2n) is 10.0. The van der Waals surface area contributed by atoms with Gasteiger partial charge in [0.1, 0.15) is 24.1 Å². The van der Waals surface area contributed by atoms with E-state index in [1.165, 1.54) is 29.2 Å². The summed E-state index contributed by atoms with van der Waals surface area (Å²) >= 11 is 6.03. The number of sulfonamides is 1. The summed E-state index contributed by atoms with van der Waals surface area (Å²) in [4.78, 5) is 29.0. The number of hydrogen-bond acceptors (Lipinski definition) is 6. The Morgan fingerprint density at radius 2 is 1.49 bits per heavy atom. The van der Waals surface area contributed by atoms with Gasteiger partial charge in [0, 0.05) is 17.6 Å². The molecular weight excluding hydrogens is 590 g/mol. The lowest BCUT2D eigenvalue weighted by Crippen LogP contribution is -2.53. The topological polar surface area (TPSA) is 105 Å². The van der Waals surface area contributed by atoms with Gasteiger partial charge >= 0.3 is 0 Å². The summed E-state index contributed by atoms with van der Waals surface area (Å²) in [7, 11) is -2.65. The average molecular weight is 630 g/mol. The van der Waals surface area contributed by atoms with Gasteiger partial charge in [0.25, 0.3) is 10.0 Å². The lowest BCUT2D eigenvalue weighted by molar-refractivity contribution is -0.140. The largest absolute Gasteiger partial charge is 0.497 e. The minimum atomic E-state index is -4.21. The van der Waals surface area contributed by atoms with Crippen molar-refractivity contribution in [3.05, 3.63) is 83.4 Å². The fraction of sp³-hybridized carbons (Fsp3) is 0.375. The quantitative estimate of drug-likeness (QED) is 0.232. The van der Waals surface area contributed by atoms with Crippen LogP contribution in [0.5, 0.6) is 11.5 Å². The molecule has 0 aliphatic carbocycles. The Morgan fingerprint density at radius 3 is 2.02 bits per heavy atom. The van der Waals surface area contributed by atoms with Gasteiger partial charge in [-0.3, -0.25) is 13.9 Å². The monoisotopic (exact) mass is 629 g/mol. The summed E-state index contributed by atoms with van der Waals surface area (Å²) in [6.07, 6.45) is 1.05. The molecule has 232 valence electrons. The summed E-state index contributed by atoms with van der Waals surface area (Å²) < 4.78 is 39.8. The van der Waals surface area contributed by atoms with Crippen LogP contribution >= 0.6 is 11.6 Å². The number of hydrogen-bond donors (Lipinski definition) is 1. The zero-order valence-electron chi connectivity index (χ0n) is 25.2. The molecule has 1 N–H and O–H groups in total. The Kier molecular flexibility index (Phi) is 12.3. The first-order valence-corrected chi connectivity index (χ1v) is 16.1. The third kappa shape index (κ3) is 8.87. The van der Waals surface area contributed by atoms with Gasteiger partial charge in [-0.05, 0) is 92.9 Å². The number of carbonyl (C=O) groups excluding carboxylic acids is 2. The first kappa shape index (κ1) is 33.7. The molecule has 0 unspecified atom stereocenters. The Bertz CT molecular complexity index is 1450. The molecule has 9 nitrogen and oxygen atoms in total. The number of methoxy groups -OCH3 is 1. The van der Waals surface area contributed by atoms with Crippen LogP contribution in [-0.2, 0) is 26.2 Å². The van der Waals surface area contributed by atoms with Crippen LogP contribution in [0.15, 0.2) is 77.7 Å². The van der Waals surface area contributed by atoms with Crippen molar-refractivity contribution in [1.29, 1.82) is 0 Å². The van der Waals surface area contributed by atoms with Gasteiger partial charge in [-0.1, -0.05) is 37.6 Å². The molecule has 0 saturated heterocycles. The fourth-order valence-corrected chi connectivity index (χ4v) is 5.97. The van der Waals surface area contributed by atoms with Crippen molar-refractivity contribution < 1.29 is 27.5 Å². The first-order valence-electron chi connectivity index (χ1n) is 14.3. The predicted octanol–water partition coefficient (Wildman–Crippen LogP) is 5.66. The van der Waals surface area contributed by atoms with Crippen LogP contribution in [0.4, 0.5) is 5.69 Å². The van der Waals surface area contributed by atoms with Gasteiger partial charge < -0.3 is 19.7 Å². The summed E-state index contributed by atoms with van der Waals surface area (Å²) in [5.41, 5.74) is 1.03. The Morgan fingerprint density at radius 1 is 0.884 bits per heavy atom. The van der Waals surface area contributed by atoms with Crippen molar-refractivity contribution in [1.82, 2.24) is 10.2 Å². The van der Waals surface area contributed by atoms with Crippen LogP contribution in [0.1, 0.15) is 46.1 Å². The van der Waals surface area contributed by atoms with Crippen LogP contribution in [-0.4, -0.2) is 57.5 Å². The van der Waals surface area contributed by atoms with E-state index in [-0.39, 0.29) is 29.1 Å². The number of benzene rings is 3. The first-order chi connectivity index (χ1) is 20.5. The zero-order chi connectivity index (χ0) is 31.6. The van der Waals surface area contributed by atoms with E-state index < -0.39 is 28.5 Å². The molecule has 3 rings (SSSR count). The molecule has 0 aromatic heterocycles. The molecule has 0 aliphatic rings. The molecule has 43 heavy (non-hydrogen) atoms. The molecule has 2 atom stereocenters. The van der Waals surface area contributed by atoms with Crippen LogP contribution in [0.25, 0.3) is 0 Å². The molecule has 3 aromatic rings. The standard InChI is InChI=1S/C32H40ClN3O6S/c1-6-23(4)34-32(38)30(7-2)35(21-24-9-15-27(41-5)16-10-24)31(37)22-36(26-13-17-28(18-14-26)42-8-3)43(39,40)29-19-11-25(33)12-20-29/h9-20,23,30H,6-8,21-22H2,1-5H3,(H,34,38)/t23-,30-/m1/s1. The van der Waals surface area contributed by atoms with E-state index in [4.69, 9.17) is 21.1 Å². The maximum Gasteiger partial charge on any atom is 0.264 e. The number of carbonyl (C=O) groups is 2. The SMILES string of the molecule is CCOc1ccc(N(CC(=O)N(Cc2ccc(OC)cc2)[C@H](CC)C(=O)N[C@H](C)CC)S(=O)(=O)c2ccc(Cl)cc2)cc1. The van der Waals surface area contributed by atoms with E-state index in [0.29, 0.717) is 29.5 Å². The Hall–Kier alpha value is -3.76. The molecule has 0 fully saturated rings. The van der Waals surface area contributed by atoms with Crippen molar-refractivity contribution in [2.45, 2.75) is 64.1 Å². The minimum absolute atomic E-state index is 0.0261. The number of amides is 2. The van der Waals surface area contributed by atoms with Crippen molar-refractivity contribution in [3.63, 3.8) is 0 Å². The van der Waals surface area contributed by atoms with Crippen LogP contribution in [0.2, 0.25) is 5.02 Å². The predicted molar refractivity (Wildman–Crippen MR) is 169 cm³/mol. The van der Waals surface area contributed by atoms with Crippen LogP contribution < -0.4 is 19.1 Å². The highest BCUT2D eigenvalue weighted by Gasteiger charge is 2.34. The van der Waals surface area contributed by atoms with E-state index >= 15 is 0 Å². The van der Waals surface area contributed by atoms with Gasteiger partial charge in [0.15, 0.2) is 0 Å². The van der Waals surface area contributed by atoms with Gasteiger partial charge in [-0.25, -0.2) is 8.42 Å². The molecule has 0 radical (unpaired) electrons. The molecule has 0 aliphatic heterocycles. The van der Waals surface area contributed by atoms with Gasteiger partial charge in [-0.15, -0.1) is 0 Å². The highest BCUT2D eigenvalue weighted by Crippen LogP contribution is 2.28. The van der Waals surface area contributed by atoms with Crippen molar-refractivity contribution in [2.24, 2.45) is 0 Å². The average Bonchev–Trinajstić information content (AvgIpc) is 3.00. The van der Waals surface area contributed by atoms with E-state index in [0.717, 1.165) is 16.3 Å². The Labute approximate surface area is 259 Å². The lowest BCUT2D eigenvalue weighted by atomic mass is 10.1. The van der Waals surface area contributed by atoms with Gasteiger partial charge in [-0.2, -0.15) is 0 Å². The molecule has 0 spiro atoms. The van der Waals surface area contributed by atoms with Crippen molar-refractivity contribution in [3.8, 4) is 11.5 Å². The molecule has 2 amide bonds. The minimum Gasteiger partial charge on any atom is -0.497 e. The highest BCUT2D eigenvalue weighted by atomic mass is 35.5. The zero-order valence-corrected chi connectivity index (χ0v) is 26.8. The number of nitrogens with one attached hydrogen (secondary N) is 1. The molecule has 0 heterocycles. The smallest absolute Gasteiger partial charge is 0.264 e. The summed E-state index contributed by atoms with van der Waals surface area (Å²) in [5, 5.41) is 3.35. The normalized spacial score (nSPS) is 12.6. The molecule has 0 bridgehead atoms. The lowest BCUT2D eigenvalue weighted by Gasteiger charge is -2.33. The summed E-state index contributed by atoms with van der Waals surface area (Å²) in [5.74, 6) is 0.384. The summed E-state index contributed by atoms with van der Waals surface area (Å²) in [6, 6.07) is 18.5. The second kappa shape index (κ2) is 15.6. The van der Waals surface area contributed by atoms with E-state index in [2.05, 4.69) is 5.32 Å². The second-order valence-corrected chi connectivity index (χ2v) is 12.3. The molecule has 0 saturated carbocycles. The van der Waals surface area contributed by atoms with E-state index in [9.17, 15) is 18.0 Å². The van der Waals surface area contributed by atoms with E-state index in [1.54, 1.807) is 43.5 Å². The van der Waals surface area contributed by atoms with E-state index in [1.807, 2.05) is 39.8 Å². The maximum absolute atomic E-state index is 14.2. The van der Waals surface area contributed by atoms with Crippen LogP contribution in [0.3, 0.4) is 0 Å². The van der Waals surface area contributed by atoms with Gasteiger partial charge in [0.2, 0.25) is 11.8 Å². The van der Waals surface area contributed by atoms with Crippen LogP contribution in [0, 0.1) is 0 Å².